The maximum Gasteiger partial charge on any atom is 0.336 e. The number of esters is 2. The van der Waals surface area contributed by atoms with Crippen molar-refractivity contribution < 1.29 is 39.1 Å². The topological polar surface area (TPSA) is 123 Å². The van der Waals surface area contributed by atoms with Gasteiger partial charge in [0.25, 0.3) is 0 Å². The van der Waals surface area contributed by atoms with E-state index >= 15 is 0 Å². The molecule has 336 valence electrons. The van der Waals surface area contributed by atoms with Gasteiger partial charge in [0.1, 0.15) is 31.0 Å². The molecule has 0 spiro atoms. The molecule has 1 fully saturated rings. The summed E-state index contributed by atoms with van der Waals surface area (Å²) in [5.41, 5.74) is 6.16. The molecule has 0 radical (unpaired) electrons. The van der Waals surface area contributed by atoms with Crippen molar-refractivity contribution in [2.75, 3.05) is 6.61 Å². The van der Waals surface area contributed by atoms with Crippen LogP contribution in [0.4, 0.5) is 0 Å². The van der Waals surface area contributed by atoms with Gasteiger partial charge in [-0.05, 0) is 67.7 Å². The molecule has 1 rings (SSSR count). The van der Waals surface area contributed by atoms with Gasteiger partial charge in [-0.3, -0.25) is 4.79 Å². The van der Waals surface area contributed by atoms with Gasteiger partial charge in [-0.2, -0.15) is 0 Å². The number of unbranched alkanes of at least 4 members (excludes halogenated alkanes) is 12. The highest BCUT2D eigenvalue weighted by atomic mass is 16.7. The average Bonchev–Trinajstić information content (AvgIpc) is 3.20. The lowest BCUT2D eigenvalue weighted by atomic mass is 9.99. The number of hydrogen-bond acceptors (Lipinski definition) is 8. The number of carbonyl (C=O) groups excluding carboxylic acids is 2. The summed E-state index contributed by atoms with van der Waals surface area (Å²) >= 11 is 0. The Labute approximate surface area is 363 Å². The molecule has 1 saturated heterocycles. The quantitative estimate of drug-likeness (QED) is 0.0224. The summed E-state index contributed by atoms with van der Waals surface area (Å²) in [6.07, 6.45) is 38.3. The van der Waals surface area contributed by atoms with Gasteiger partial charge in [0, 0.05) is 12.0 Å². The number of allylic oxidation sites excluding steroid dienone is 19. The van der Waals surface area contributed by atoms with Gasteiger partial charge in [-0.15, -0.1) is 0 Å². The second-order valence-corrected chi connectivity index (χ2v) is 16.5. The van der Waals surface area contributed by atoms with E-state index in [1.807, 2.05) is 56.4 Å². The predicted octanol–water partition coefficient (Wildman–Crippen LogP) is 12.1. The highest BCUT2D eigenvalue weighted by Crippen LogP contribution is 2.24. The van der Waals surface area contributed by atoms with E-state index in [2.05, 4.69) is 65.0 Å². The van der Waals surface area contributed by atoms with Gasteiger partial charge in [-0.1, -0.05) is 197 Å². The van der Waals surface area contributed by atoms with Crippen LogP contribution in [0.25, 0.3) is 0 Å². The Kier molecular flexibility index (Phi) is 30.6. The number of carbonyl (C=O) groups is 2. The van der Waals surface area contributed by atoms with Crippen molar-refractivity contribution >= 4 is 11.9 Å². The molecule has 0 bridgehead atoms. The molecule has 0 aliphatic carbocycles. The van der Waals surface area contributed by atoms with Crippen molar-refractivity contribution in [3.05, 3.63) is 119 Å². The van der Waals surface area contributed by atoms with Gasteiger partial charge in [0.15, 0.2) is 0 Å². The Morgan fingerprint density at radius 1 is 0.567 bits per heavy atom. The number of aliphatic hydroxyl groups is 3. The lowest BCUT2D eigenvalue weighted by Crippen LogP contribution is -2.59. The zero-order valence-electron chi connectivity index (χ0n) is 38.4. The van der Waals surface area contributed by atoms with Gasteiger partial charge >= 0.3 is 11.9 Å². The fraction of sp³-hybridized carbons (Fsp3) is 0.577. The molecule has 3 N–H and O–H groups in total. The monoisotopic (exact) mass is 833 g/mol. The third-order valence-corrected chi connectivity index (χ3v) is 10.2. The van der Waals surface area contributed by atoms with E-state index in [0.29, 0.717) is 6.42 Å². The maximum atomic E-state index is 12.8. The molecule has 0 aromatic carbocycles. The molecule has 0 unspecified atom stereocenters. The summed E-state index contributed by atoms with van der Waals surface area (Å²) in [6.45, 7) is 15.9. The Morgan fingerprint density at radius 2 is 1.05 bits per heavy atom. The summed E-state index contributed by atoms with van der Waals surface area (Å²) in [5.74, 6) is -1.19. The third-order valence-electron chi connectivity index (χ3n) is 10.2. The zero-order chi connectivity index (χ0) is 44.5. The Morgan fingerprint density at radius 3 is 1.58 bits per heavy atom. The van der Waals surface area contributed by atoms with Crippen LogP contribution in [-0.4, -0.2) is 64.6 Å². The fourth-order valence-electron chi connectivity index (χ4n) is 6.27. The highest BCUT2D eigenvalue weighted by molar-refractivity contribution is 5.88. The van der Waals surface area contributed by atoms with E-state index in [1.54, 1.807) is 19.1 Å². The maximum absolute atomic E-state index is 12.8. The standard InChI is InChI=1S/C52H80O8/c1-9-10-11-12-13-14-15-16-17-18-19-20-21-38-47(53)58-39-46-48(54)49(55)50(56)52(59-46)60-51(57)45(8)37-27-36-44(7)35-26-33-42(5)30-23-22-29-41(4)32-25-34-43(6)31-24-28-40(2)3/h22-23,25-30,32-37,46,48-50,52,54-56H,9-21,24,31,38-39H2,1-8H3/b23-22+,32-25+,33-26+,36-27+,41-29+,42-30+,43-34+,44-35+,45-37+/t46-,48-,49+,50-,52+/m1/s1. The minimum atomic E-state index is -1.68. The van der Waals surface area contributed by atoms with Crippen molar-refractivity contribution in [1.82, 2.24) is 0 Å². The number of aliphatic hydroxyl groups excluding tert-OH is 3. The molecule has 8 nitrogen and oxygen atoms in total. The van der Waals surface area contributed by atoms with Crippen molar-refractivity contribution in [3.8, 4) is 0 Å². The van der Waals surface area contributed by atoms with Crippen LogP contribution in [0.5, 0.6) is 0 Å². The molecule has 5 atom stereocenters. The fourth-order valence-corrected chi connectivity index (χ4v) is 6.27. The summed E-state index contributed by atoms with van der Waals surface area (Å²) in [7, 11) is 0. The molecule has 1 aliphatic rings. The summed E-state index contributed by atoms with van der Waals surface area (Å²) < 4.78 is 16.3. The lowest BCUT2D eigenvalue weighted by Gasteiger charge is -2.39. The van der Waals surface area contributed by atoms with Gasteiger partial charge in [0.05, 0.1) is 0 Å². The van der Waals surface area contributed by atoms with Crippen molar-refractivity contribution in [3.63, 3.8) is 0 Å². The number of ether oxygens (including phenoxy) is 3. The average molecular weight is 833 g/mol. The summed E-state index contributed by atoms with van der Waals surface area (Å²) in [5, 5.41) is 31.4. The van der Waals surface area contributed by atoms with Crippen LogP contribution < -0.4 is 0 Å². The van der Waals surface area contributed by atoms with E-state index in [4.69, 9.17) is 14.2 Å². The van der Waals surface area contributed by atoms with Crippen LogP contribution in [0, 0.1) is 0 Å². The van der Waals surface area contributed by atoms with Crippen LogP contribution in [0.1, 0.15) is 158 Å². The minimum absolute atomic E-state index is 0.235. The second kappa shape index (κ2) is 33.8. The summed E-state index contributed by atoms with van der Waals surface area (Å²) in [6, 6.07) is 0. The Bertz CT molecular complexity index is 1540. The van der Waals surface area contributed by atoms with E-state index in [-0.39, 0.29) is 18.6 Å². The molecule has 1 heterocycles. The molecular formula is C52H80O8. The van der Waals surface area contributed by atoms with Gasteiger partial charge in [0.2, 0.25) is 6.29 Å². The molecule has 0 aromatic rings. The van der Waals surface area contributed by atoms with Crippen LogP contribution in [0.3, 0.4) is 0 Å². The second-order valence-electron chi connectivity index (χ2n) is 16.5. The highest BCUT2D eigenvalue weighted by Gasteiger charge is 2.46. The SMILES string of the molecule is CCCCCCCCCCCCCCCC(=O)OC[C@H]1O[C@@H](OC(=O)/C(C)=C/C=C/C(C)=C/C=C/C(C)=C/C=C/C=C(C)/C=C/C=C(\C)CCC=C(C)C)[C@H](O)[C@@H](O)[C@@H]1O. The first-order valence-corrected chi connectivity index (χ1v) is 22.5. The Balaban J connectivity index is 2.49. The first kappa shape index (κ1) is 54.2. The first-order valence-electron chi connectivity index (χ1n) is 22.5. The van der Waals surface area contributed by atoms with E-state index in [9.17, 15) is 24.9 Å². The van der Waals surface area contributed by atoms with Crippen LogP contribution in [0.2, 0.25) is 0 Å². The zero-order valence-corrected chi connectivity index (χ0v) is 38.4. The van der Waals surface area contributed by atoms with Gasteiger partial charge < -0.3 is 29.5 Å². The molecule has 0 amide bonds. The summed E-state index contributed by atoms with van der Waals surface area (Å²) in [4.78, 5) is 25.2. The van der Waals surface area contributed by atoms with E-state index in [0.717, 1.165) is 43.3 Å². The van der Waals surface area contributed by atoms with Crippen molar-refractivity contribution in [2.24, 2.45) is 0 Å². The first-order chi connectivity index (χ1) is 28.7. The van der Waals surface area contributed by atoms with E-state index in [1.165, 1.54) is 74.5 Å². The van der Waals surface area contributed by atoms with Crippen LogP contribution in [0.15, 0.2) is 119 Å². The predicted molar refractivity (Wildman–Crippen MR) is 248 cm³/mol. The molecule has 8 heteroatoms. The third kappa shape index (κ3) is 27.1. The number of hydrogen-bond donors (Lipinski definition) is 3. The lowest BCUT2D eigenvalue weighted by molar-refractivity contribution is -0.292. The molecule has 0 saturated carbocycles. The molecule has 60 heavy (non-hydrogen) atoms. The van der Waals surface area contributed by atoms with Crippen molar-refractivity contribution in [1.29, 1.82) is 0 Å². The largest absolute Gasteiger partial charge is 0.463 e. The Hall–Kier alpha value is -3.82. The van der Waals surface area contributed by atoms with Crippen LogP contribution in [-0.2, 0) is 23.8 Å². The minimum Gasteiger partial charge on any atom is -0.463 e. The number of rotatable bonds is 29. The smallest absolute Gasteiger partial charge is 0.336 e. The molecule has 0 aromatic heterocycles. The van der Waals surface area contributed by atoms with E-state index < -0.39 is 42.6 Å². The van der Waals surface area contributed by atoms with Crippen molar-refractivity contribution in [2.45, 2.75) is 189 Å². The normalized spacial score (nSPS) is 21.2. The van der Waals surface area contributed by atoms with Crippen LogP contribution >= 0.6 is 0 Å². The molecule has 1 aliphatic heterocycles. The van der Waals surface area contributed by atoms with Gasteiger partial charge in [-0.25, -0.2) is 4.79 Å². The molecular weight excluding hydrogens is 753 g/mol.